The third-order valence-corrected chi connectivity index (χ3v) is 3.49. The number of allylic oxidation sites excluding steroid dienone is 1. The normalized spacial score (nSPS) is 16.6. The second-order valence-corrected chi connectivity index (χ2v) is 4.76. The van der Waals surface area contributed by atoms with E-state index in [0.717, 1.165) is 39.0 Å². The van der Waals surface area contributed by atoms with Gasteiger partial charge in [-0.05, 0) is 30.5 Å². The summed E-state index contributed by atoms with van der Waals surface area (Å²) in [5.74, 6) is 0.353. The lowest BCUT2D eigenvalue weighted by Gasteiger charge is -2.35. The molecule has 1 aliphatic rings. The Labute approximate surface area is 133 Å². The highest BCUT2D eigenvalue weighted by Crippen LogP contribution is 2.28. The van der Waals surface area contributed by atoms with Gasteiger partial charge < -0.3 is 10.4 Å². The van der Waals surface area contributed by atoms with E-state index < -0.39 is 0 Å². The maximum absolute atomic E-state index is 9.63. The molecule has 0 saturated carbocycles. The highest BCUT2D eigenvalue weighted by molar-refractivity contribution is 5.85. The quantitative estimate of drug-likeness (QED) is 0.819. The van der Waals surface area contributed by atoms with Crippen LogP contribution < -0.4 is 5.32 Å². The van der Waals surface area contributed by atoms with Crippen LogP contribution in [0.5, 0.6) is 5.75 Å². The predicted octanol–water partition coefficient (Wildman–Crippen LogP) is 3.15. The first-order valence-electron chi connectivity index (χ1n) is 6.66. The Morgan fingerprint density at radius 3 is 2.60 bits per heavy atom. The zero-order valence-electron chi connectivity index (χ0n) is 11.6. The molecule has 2 N–H and O–H groups in total. The summed E-state index contributed by atoms with van der Waals surface area (Å²) in [7, 11) is 0. The van der Waals surface area contributed by atoms with Crippen molar-refractivity contribution in [2.24, 2.45) is 0 Å². The summed E-state index contributed by atoms with van der Waals surface area (Å²) in [5, 5.41) is 13.0. The van der Waals surface area contributed by atoms with Gasteiger partial charge in [-0.15, -0.1) is 31.4 Å². The molecule has 0 bridgehead atoms. The standard InChI is InChI=1S/C15H22N2O.2ClH/c1-2-3-7-15(17-10-8-16-9-11-17)13-5-4-6-14(18)12-13;;/h2,4-6,12,15-16,18H,1,3,7-11H2;2*1H/t15-;;/m0../s1. The summed E-state index contributed by atoms with van der Waals surface area (Å²) in [6.07, 6.45) is 4.04. The molecule has 0 spiro atoms. The number of hydrogen-bond acceptors (Lipinski definition) is 3. The van der Waals surface area contributed by atoms with Gasteiger partial charge >= 0.3 is 0 Å². The highest BCUT2D eigenvalue weighted by Gasteiger charge is 2.21. The Bertz CT molecular complexity index is 395. The van der Waals surface area contributed by atoms with Crippen molar-refractivity contribution in [1.29, 1.82) is 0 Å². The first-order valence-corrected chi connectivity index (χ1v) is 6.66. The minimum Gasteiger partial charge on any atom is -0.508 e. The molecule has 0 aromatic heterocycles. The fourth-order valence-electron chi connectivity index (χ4n) is 2.56. The number of nitrogens with one attached hydrogen (secondary N) is 1. The van der Waals surface area contributed by atoms with Crippen LogP contribution in [0.4, 0.5) is 0 Å². The van der Waals surface area contributed by atoms with Gasteiger partial charge in [-0.25, -0.2) is 0 Å². The molecule has 2 rings (SSSR count). The van der Waals surface area contributed by atoms with Crippen molar-refractivity contribution < 1.29 is 5.11 Å². The molecule has 1 atom stereocenters. The van der Waals surface area contributed by atoms with Crippen LogP contribution in [0.3, 0.4) is 0 Å². The second-order valence-electron chi connectivity index (χ2n) is 4.76. The van der Waals surface area contributed by atoms with Gasteiger partial charge in [-0.1, -0.05) is 18.2 Å². The number of benzene rings is 1. The molecular weight excluding hydrogens is 295 g/mol. The lowest BCUT2D eigenvalue weighted by Crippen LogP contribution is -2.45. The summed E-state index contributed by atoms with van der Waals surface area (Å²) < 4.78 is 0. The van der Waals surface area contributed by atoms with E-state index in [1.54, 1.807) is 6.07 Å². The van der Waals surface area contributed by atoms with Gasteiger partial charge in [0.25, 0.3) is 0 Å². The van der Waals surface area contributed by atoms with Crippen LogP contribution in [0, 0.1) is 0 Å². The molecule has 1 aliphatic heterocycles. The van der Waals surface area contributed by atoms with E-state index in [1.807, 2.05) is 18.2 Å². The maximum Gasteiger partial charge on any atom is 0.115 e. The first kappa shape index (κ1) is 19.3. The van der Waals surface area contributed by atoms with E-state index in [-0.39, 0.29) is 24.8 Å². The van der Waals surface area contributed by atoms with Gasteiger partial charge in [0.05, 0.1) is 0 Å². The van der Waals surface area contributed by atoms with E-state index in [2.05, 4.69) is 22.9 Å². The van der Waals surface area contributed by atoms with E-state index in [4.69, 9.17) is 0 Å². The van der Waals surface area contributed by atoms with Crippen molar-refractivity contribution in [3.63, 3.8) is 0 Å². The molecule has 0 unspecified atom stereocenters. The lowest BCUT2D eigenvalue weighted by molar-refractivity contribution is 0.166. The van der Waals surface area contributed by atoms with Crippen LogP contribution in [0.2, 0.25) is 0 Å². The number of hydrogen-bond donors (Lipinski definition) is 2. The molecule has 1 aromatic carbocycles. The topological polar surface area (TPSA) is 35.5 Å². The molecule has 3 nitrogen and oxygen atoms in total. The fraction of sp³-hybridized carbons (Fsp3) is 0.467. The van der Waals surface area contributed by atoms with E-state index in [9.17, 15) is 5.11 Å². The van der Waals surface area contributed by atoms with E-state index >= 15 is 0 Å². The maximum atomic E-state index is 9.63. The largest absolute Gasteiger partial charge is 0.508 e. The summed E-state index contributed by atoms with van der Waals surface area (Å²) in [6.45, 7) is 8.03. The minimum absolute atomic E-state index is 0. The average molecular weight is 319 g/mol. The number of phenols is 1. The molecular formula is C15H24Cl2N2O. The molecule has 0 amide bonds. The number of halogens is 2. The highest BCUT2D eigenvalue weighted by atomic mass is 35.5. The fourth-order valence-corrected chi connectivity index (χ4v) is 2.56. The van der Waals surface area contributed by atoms with Gasteiger partial charge in [0, 0.05) is 32.2 Å². The van der Waals surface area contributed by atoms with Crippen molar-refractivity contribution in [3.05, 3.63) is 42.5 Å². The van der Waals surface area contributed by atoms with Crippen LogP contribution in [-0.4, -0.2) is 36.2 Å². The predicted molar refractivity (Wildman–Crippen MR) is 89.2 cm³/mol. The van der Waals surface area contributed by atoms with Crippen LogP contribution in [-0.2, 0) is 0 Å². The van der Waals surface area contributed by atoms with Crippen LogP contribution in [0.25, 0.3) is 0 Å². The third-order valence-electron chi connectivity index (χ3n) is 3.49. The number of nitrogens with zero attached hydrogens (tertiary/aromatic N) is 1. The van der Waals surface area contributed by atoms with E-state index in [1.165, 1.54) is 5.56 Å². The van der Waals surface area contributed by atoms with E-state index in [0.29, 0.717) is 11.8 Å². The Morgan fingerprint density at radius 2 is 2.00 bits per heavy atom. The minimum atomic E-state index is 0. The van der Waals surface area contributed by atoms with Crippen LogP contribution in [0.15, 0.2) is 36.9 Å². The van der Waals surface area contributed by atoms with Crippen molar-refractivity contribution >= 4 is 24.8 Å². The Balaban J connectivity index is 0.00000180. The first-order chi connectivity index (χ1) is 8.81. The number of phenolic OH excluding ortho intramolecular Hbond substituents is 1. The molecule has 0 radical (unpaired) electrons. The van der Waals surface area contributed by atoms with Gasteiger partial charge in [0.15, 0.2) is 0 Å². The van der Waals surface area contributed by atoms with Crippen LogP contribution in [0.1, 0.15) is 24.4 Å². The third kappa shape index (κ3) is 5.33. The van der Waals surface area contributed by atoms with Gasteiger partial charge in [0.1, 0.15) is 5.75 Å². The number of piperazine rings is 1. The molecule has 1 saturated heterocycles. The molecule has 5 heteroatoms. The zero-order valence-corrected chi connectivity index (χ0v) is 13.3. The van der Waals surface area contributed by atoms with Crippen molar-refractivity contribution in [2.45, 2.75) is 18.9 Å². The SMILES string of the molecule is C=CCC[C@@H](c1cccc(O)c1)N1CCNCC1.Cl.Cl. The number of rotatable bonds is 5. The zero-order chi connectivity index (χ0) is 12.8. The summed E-state index contributed by atoms with van der Waals surface area (Å²) in [6, 6.07) is 8.03. The molecule has 20 heavy (non-hydrogen) atoms. The molecule has 1 aromatic rings. The van der Waals surface area contributed by atoms with Gasteiger partial charge in [-0.2, -0.15) is 0 Å². The summed E-state index contributed by atoms with van der Waals surface area (Å²) in [4.78, 5) is 2.49. The average Bonchev–Trinajstić information content (AvgIpc) is 2.40. The Kier molecular flexibility index (Phi) is 9.68. The van der Waals surface area contributed by atoms with Crippen molar-refractivity contribution in [1.82, 2.24) is 10.2 Å². The number of aromatic hydroxyl groups is 1. The monoisotopic (exact) mass is 318 g/mol. The Morgan fingerprint density at radius 1 is 1.30 bits per heavy atom. The smallest absolute Gasteiger partial charge is 0.115 e. The lowest BCUT2D eigenvalue weighted by atomic mass is 9.99. The van der Waals surface area contributed by atoms with Crippen molar-refractivity contribution in [2.75, 3.05) is 26.2 Å². The molecule has 1 fully saturated rings. The Hall–Kier alpha value is -0.740. The summed E-state index contributed by atoms with van der Waals surface area (Å²) in [5.41, 5.74) is 1.21. The summed E-state index contributed by atoms with van der Waals surface area (Å²) >= 11 is 0. The van der Waals surface area contributed by atoms with Gasteiger partial charge in [-0.3, -0.25) is 4.90 Å². The van der Waals surface area contributed by atoms with Gasteiger partial charge in [0.2, 0.25) is 0 Å². The van der Waals surface area contributed by atoms with Crippen molar-refractivity contribution in [3.8, 4) is 5.75 Å². The second kappa shape index (κ2) is 10.1. The van der Waals surface area contributed by atoms with Crippen LogP contribution >= 0.6 is 24.8 Å². The molecule has 114 valence electrons. The molecule has 0 aliphatic carbocycles. The molecule has 1 heterocycles.